The largest absolute Gasteiger partial charge is 0.324 e. The van der Waals surface area contributed by atoms with Gasteiger partial charge in [0.15, 0.2) is 0 Å². The molecule has 0 aromatic heterocycles. The molecule has 16 heavy (non-hydrogen) atoms. The third-order valence-corrected chi connectivity index (χ3v) is 3.22. The molecule has 4 heteroatoms. The first-order valence-corrected chi connectivity index (χ1v) is 6.16. The molecule has 4 nitrogen and oxygen atoms in total. The van der Waals surface area contributed by atoms with Gasteiger partial charge < -0.3 is 9.80 Å². The lowest BCUT2D eigenvalue weighted by atomic mass is 10.0. The summed E-state index contributed by atoms with van der Waals surface area (Å²) in [4.78, 5) is 16.3. The molecule has 0 aromatic rings. The molecule has 94 valence electrons. The van der Waals surface area contributed by atoms with E-state index in [9.17, 15) is 4.79 Å². The van der Waals surface area contributed by atoms with Gasteiger partial charge in [-0.15, -0.1) is 0 Å². The molecule has 1 amide bonds. The predicted octanol–water partition coefficient (Wildman–Crippen LogP) is 0.740. The second kappa shape index (κ2) is 5.64. The van der Waals surface area contributed by atoms with Crippen LogP contribution in [0.5, 0.6) is 0 Å². The molecule has 1 saturated heterocycles. The van der Waals surface area contributed by atoms with Crippen LogP contribution in [0.3, 0.4) is 0 Å². The molecule has 0 radical (unpaired) electrons. The Balaban J connectivity index is 2.69. The van der Waals surface area contributed by atoms with Gasteiger partial charge in [0.2, 0.25) is 5.91 Å². The number of amides is 1. The highest BCUT2D eigenvalue weighted by Gasteiger charge is 2.35. The van der Waals surface area contributed by atoms with Gasteiger partial charge in [-0.1, -0.05) is 20.8 Å². The SMILES string of the molecule is CCC1NCN(C(CN(C)C)C(C)C)C1=O. The van der Waals surface area contributed by atoms with Gasteiger partial charge in [-0.25, -0.2) is 0 Å². The van der Waals surface area contributed by atoms with Crippen LogP contribution in [-0.2, 0) is 4.79 Å². The third-order valence-electron chi connectivity index (χ3n) is 3.22. The first-order chi connectivity index (χ1) is 7.47. The highest BCUT2D eigenvalue weighted by molar-refractivity contribution is 5.84. The molecule has 1 aliphatic heterocycles. The second-order valence-corrected chi connectivity index (χ2v) is 5.20. The fourth-order valence-corrected chi connectivity index (χ4v) is 2.22. The van der Waals surface area contributed by atoms with E-state index in [0.717, 1.165) is 13.0 Å². The summed E-state index contributed by atoms with van der Waals surface area (Å²) in [5, 5.41) is 3.27. The van der Waals surface area contributed by atoms with Gasteiger partial charge in [-0.2, -0.15) is 0 Å². The van der Waals surface area contributed by atoms with Crippen LogP contribution in [0.1, 0.15) is 27.2 Å². The summed E-state index contributed by atoms with van der Waals surface area (Å²) < 4.78 is 0. The quantitative estimate of drug-likeness (QED) is 0.752. The zero-order valence-corrected chi connectivity index (χ0v) is 11.2. The number of hydrogen-bond acceptors (Lipinski definition) is 3. The summed E-state index contributed by atoms with van der Waals surface area (Å²) in [6, 6.07) is 0.343. The van der Waals surface area contributed by atoms with E-state index in [1.165, 1.54) is 0 Å². The lowest BCUT2D eigenvalue weighted by molar-refractivity contribution is -0.132. The zero-order valence-electron chi connectivity index (χ0n) is 11.2. The summed E-state index contributed by atoms with van der Waals surface area (Å²) in [5.74, 6) is 0.756. The predicted molar refractivity (Wildman–Crippen MR) is 66.1 cm³/mol. The van der Waals surface area contributed by atoms with Crippen LogP contribution >= 0.6 is 0 Å². The van der Waals surface area contributed by atoms with E-state index in [1.807, 2.05) is 4.90 Å². The first-order valence-electron chi connectivity index (χ1n) is 6.16. The molecule has 0 bridgehead atoms. The van der Waals surface area contributed by atoms with E-state index in [2.05, 4.69) is 45.1 Å². The summed E-state index contributed by atoms with van der Waals surface area (Å²) in [5.41, 5.74) is 0. The molecule has 1 heterocycles. The number of carbonyl (C=O) groups excluding carboxylic acids is 1. The maximum absolute atomic E-state index is 12.1. The van der Waals surface area contributed by atoms with Crippen molar-refractivity contribution in [3.05, 3.63) is 0 Å². The van der Waals surface area contributed by atoms with Crippen molar-refractivity contribution in [3.63, 3.8) is 0 Å². The minimum atomic E-state index is 0.0309. The zero-order chi connectivity index (χ0) is 12.3. The standard InChI is InChI=1S/C12H25N3O/c1-6-10-12(16)15(8-13-10)11(9(2)3)7-14(4)5/h9-11,13H,6-8H2,1-5H3. The van der Waals surface area contributed by atoms with Crippen molar-refractivity contribution in [1.82, 2.24) is 15.1 Å². The lowest BCUT2D eigenvalue weighted by Crippen LogP contribution is -2.47. The Labute approximate surface area is 99.0 Å². The van der Waals surface area contributed by atoms with Crippen molar-refractivity contribution in [3.8, 4) is 0 Å². The Morgan fingerprint density at radius 1 is 1.50 bits per heavy atom. The Bertz CT molecular complexity index is 240. The number of carbonyl (C=O) groups is 1. The highest BCUT2D eigenvalue weighted by Crippen LogP contribution is 2.17. The molecule has 1 fully saturated rings. The monoisotopic (exact) mass is 227 g/mol. The third kappa shape index (κ3) is 2.95. The van der Waals surface area contributed by atoms with E-state index in [0.29, 0.717) is 18.6 Å². The second-order valence-electron chi connectivity index (χ2n) is 5.20. The van der Waals surface area contributed by atoms with Crippen LogP contribution in [0.25, 0.3) is 0 Å². The average molecular weight is 227 g/mol. The molecule has 2 unspecified atom stereocenters. The topological polar surface area (TPSA) is 35.6 Å². The number of hydrogen-bond donors (Lipinski definition) is 1. The van der Waals surface area contributed by atoms with Gasteiger partial charge in [0.05, 0.1) is 12.7 Å². The average Bonchev–Trinajstić information content (AvgIpc) is 2.55. The van der Waals surface area contributed by atoms with Crippen molar-refractivity contribution < 1.29 is 4.79 Å². The lowest BCUT2D eigenvalue weighted by Gasteiger charge is -2.32. The maximum atomic E-state index is 12.1. The van der Waals surface area contributed by atoms with E-state index in [-0.39, 0.29) is 11.9 Å². The van der Waals surface area contributed by atoms with Crippen LogP contribution in [0.4, 0.5) is 0 Å². The van der Waals surface area contributed by atoms with Crippen LogP contribution in [-0.4, -0.2) is 55.1 Å². The van der Waals surface area contributed by atoms with Gasteiger partial charge in [0.1, 0.15) is 0 Å². The molecule has 1 aliphatic rings. The molecule has 0 aliphatic carbocycles. The van der Waals surface area contributed by atoms with E-state index >= 15 is 0 Å². The van der Waals surface area contributed by atoms with Crippen molar-refractivity contribution in [2.45, 2.75) is 39.3 Å². The Hall–Kier alpha value is -0.610. The smallest absolute Gasteiger partial charge is 0.241 e. The normalized spacial score (nSPS) is 23.6. The van der Waals surface area contributed by atoms with E-state index in [4.69, 9.17) is 0 Å². The van der Waals surface area contributed by atoms with Crippen molar-refractivity contribution >= 4 is 5.91 Å². The van der Waals surface area contributed by atoms with Crippen molar-refractivity contribution in [2.24, 2.45) is 5.92 Å². The van der Waals surface area contributed by atoms with Gasteiger partial charge in [-0.3, -0.25) is 10.1 Å². The summed E-state index contributed by atoms with van der Waals surface area (Å²) >= 11 is 0. The Morgan fingerprint density at radius 2 is 2.12 bits per heavy atom. The van der Waals surface area contributed by atoms with Gasteiger partial charge in [0.25, 0.3) is 0 Å². The Morgan fingerprint density at radius 3 is 2.50 bits per heavy atom. The molecule has 1 rings (SSSR count). The molecule has 1 N–H and O–H groups in total. The van der Waals surface area contributed by atoms with Crippen molar-refractivity contribution in [2.75, 3.05) is 27.3 Å². The van der Waals surface area contributed by atoms with Crippen LogP contribution in [0.2, 0.25) is 0 Å². The van der Waals surface area contributed by atoms with E-state index < -0.39 is 0 Å². The summed E-state index contributed by atoms with van der Waals surface area (Å²) in [7, 11) is 4.11. The van der Waals surface area contributed by atoms with Crippen molar-refractivity contribution in [1.29, 1.82) is 0 Å². The fraction of sp³-hybridized carbons (Fsp3) is 0.917. The molecule has 2 atom stereocenters. The molecule has 0 aromatic carbocycles. The van der Waals surface area contributed by atoms with Crippen LogP contribution < -0.4 is 5.32 Å². The molecule has 0 spiro atoms. The first kappa shape index (κ1) is 13.5. The molecule has 0 saturated carbocycles. The molecular weight excluding hydrogens is 202 g/mol. The van der Waals surface area contributed by atoms with Gasteiger partial charge >= 0.3 is 0 Å². The number of nitrogens with zero attached hydrogens (tertiary/aromatic N) is 2. The highest BCUT2D eigenvalue weighted by atomic mass is 16.2. The van der Waals surface area contributed by atoms with Gasteiger partial charge in [0, 0.05) is 12.6 Å². The fourth-order valence-electron chi connectivity index (χ4n) is 2.22. The van der Waals surface area contributed by atoms with Gasteiger partial charge in [-0.05, 0) is 26.4 Å². The number of nitrogens with one attached hydrogen (secondary N) is 1. The molecular formula is C12H25N3O. The minimum Gasteiger partial charge on any atom is -0.324 e. The van der Waals surface area contributed by atoms with Crippen LogP contribution in [0, 0.1) is 5.92 Å². The Kier molecular flexibility index (Phi) is 4.74. The summed E-state index contributed by atoms with van der Waals surface area (Å²) in [6.45, 7) is 8.05. The van der Waals surface area contributed by atoms with E-state index in [1.54, 1.807) is 0 Å². The number of likely N-dealkylation sites (N-methyl/N-ethyl adjacent to an activating group) is 1. The number of rotatable bonds is 5. The minimum absolute atomic E-state index is 0.0309. The van der Waals surface area contributed by atoms with Crippen LogP contribution in [0.15, 0.2) is 0 Å². The summed E-state index contributed by atoms with van der Waals surface area (Å²) in [6.07, 6.45) is 0.877. The maximum Gasteiger partial charge on any atom is 0.241 e.